The van der Waals surface area contributed by atoms with Gasteiger partial charge < -0.3 is 4.90 Å². The second-order valence-corrected chi connectivity index (χ2v) is 5.26. The van der Waals surface area contributed by atoms with E-state index in [0.717, 1.165) is 12.2 Å². The minimum Gasteiger partial charge on any atom is -0.333 e. The molecule has 110 valence electrons. The van der Waals surface area contributed by atoms with Gasteiger partial charge in [-0.05, 0) is 25.5 Å². The Bertz CT molecular complexity index is 682. The topological polar surface area (TPSA) is 51.0 Å². The van der Waals surface area contributed by atoms with E-state index in [-0.39, 0.29) is 17.8 Å². The number of carbonyl (C=O) groups is 1. The van der Waals surface area contributed by atoms with Crippen molar-refractivity contribution >= 4 is 5.91 Å². The van der Waals surface area contributed by atoms with E-state index in [1.807, 2.05) is 18.4 Å². The maximum Gasteiger partial charge on any atom is 0.245 e. The van der Waals surface area contributed by atoms with Crippen molar-refractivity contribution in [3.8, 4) is 11.4 Å². The molecule has 0 spiro atoms. The van der Waals surface area contributed by atoms with Crippen molar-refractivity contribution in [2.45, 2.75) is 32.9 Å². The van der Waals surface area contributed by atoms with E-state index < -0.39 is 0 Å². The summed E-state index contributed by atoms with van der Waals surface area (Å²) in [7, 11) is 0. The first-order chi connectivity index (χ1) is 10.1. The lowest BCUT2D eigenvalue weighted by Crippen LogP contribution is -2.42. The molecule has 3 rings (SSSR count). The summed E-state index contributed by atoms with van der Waals surface area (Å²) in [6, 6.07) is 5.83. The molecule has 6 heteroatoms. The van der Waals surface area contributed by atoms with Gasteiger partial charge in [-0.15, -0.1) is 10.2 Å². The number of rotatable bonds is 3. The smallest absolute Gasteiger partial charge is 0.245 e. The lowest BCUT2D eigenvalue weighted by atomic mass is 10.1. The number of carbonyl (C=O) groups excluding carboxylic acids is 1. The van der Waals surface area contributed by atoms with Crippen molar-refractivity contribution in [2.75, 3.05) is 6.54 Å². The molecule has 1 atom stereocenters. The Morgan fingerprint density at radius 1 is 1.38 bits per heavy atom. The predicted octanol–water partition coefficient (Wildman–Crippen LogP) is 2.40. The van der Waals surface area contributed by atoms with Gasteiger partial charge in [0.25, 0.3) is 0 Å². The molecule has 5 nitrogen and oxygen atoms in total. The van der Waals surface area contributed by atoms with Gasteiger partial charge in [-0.25, -0.2) is 4.39 Å². The quantitative estimate of drug-likeness (QED) is 0.871. The summed E-state index contributed by atoms with van der Waals surface area (Å²) < 4.78 is 15.2. The molecule has 0 aliphatic carbocycles. The van der Waals surface area contributed by atoms with Crippen LogP contribution in [-0.2, 0) is 11.3 Å². The van der Waals surface area contributed by atoms with Crippen molar-refractivity contribution in [1.82, 2.24) is 19.7 Å². The minimum absolute atomic E-state index is 0.0572. The van der Waals surface area contributed by atoms with Crippen molar-refractivity contribution in [3.05, 3.63) is 35.9 Å². The van der Waals surface area contributed by atoms with Crippen LogP contribution in [0.3, 0.4) is 0 Å². The Kier molecular flexibility index (Phi) is 3.45. The maximum absolute atomic E-state index is 13.4. The number of nitrogens with zero attached hydrogens (tertiary/aromatic N) is 4. The maximum atomic E-state index is 13.4. The lowest BCUT2D eigenvalue weighted by Gasteiger charge is -2.31. The third-order valence-electron chi connectivity index (χ3n) is 3.73. The van der Waals surface area contributed by atoms with E-state index in [9.17, 15) is 9.18 Å². The average Bonchev–Trinajstić information content (AvgIpc) is 2.88. The summed E-state index contributed by atoms with van der Waals surface area (Å²) in [5.74, 6) is 1.02. The molecule has 0 N–H and O–H groups in total. The molecular formula is C15H17FN4O. The van der Waals surface area contributed by atoms with Crippen LogP contribution in [0.2, 0.25) is 0 Å². The molecule has 0 saturated carbocycles. The summed E-state index contributed by atoms with van der Waals surface area (Å²) in [5.41, 5.74) is 0.636. The third-order valence-corrected chi connectivity index (χ3v) is 3.73. The second-order valence-electron chi connectivity index (χ2n) is 5.26. The molecule has 21 heavy (non-hydrogen) atoms. The summed E-state index contributed by atoms with van der Waals surface area (Å²) in [6.45, 7) is 5.04. The number of amides is 1. The zero-order valence-electron chi connectivity index (χ0n) is 12.1. The molecule has 2 heterocycles. The molecule has 1 amide bonds. The molecule has 0 unspecified atom stereocenters. The number of benzene rings is 1. The lowest BCUT2D eigenvalue weighted by molar-refractivity contribution is -0.136. The van der Waals surface area contributed by atoms with Crippen LogP contribution in [0.25, 0.3) is 11.4 Å². The minimum atomic E-state index is -0.367. The number of hydrogen-bond acceptors (Lipinski definition) is 3. The highest BCUT2D eigenvalue weighted by Gasteiger charge is 2.32. The van der Waals surface area contributed by atoms with Gasteiger partial charge >= 0.3 is 0 Å². The SMILES string of the molecule is CCCN1Cc2nnc(-c3cccc(F)c3)n2[C@H](C)C1=O. The van der Waals surface area contributed by atoms with Gasteiger partial charge in [-0.1, -0.05) is 19.1 Å². The molecule has 1 aliphatic rings. The molecule has 1 aromatic carbocycles. The van der Waals surface area contributed by atoms with Gasteiger partial charge in [0.15, 0.2) is 11.6 Å². The van der Waals surface area contributed by atoms with Crippen LogP contribution in [0.1, 0.15) is 32.1 Å². The highest BCUT2D eigenvalue weighted by Crippen LogP contribution is 2.28. The normalized spacial score (nSPS) is 18.0. The Morgan fingerprint density at radius 3 is 2.90 bits per heavy atom. The van der Waals surface area contributed by atoms with Gasteiger partial charge in [0.2, 0.25) is 5.91 Å². The first-order valence-electron chi connectivity index (χ1n) is 7.10. The standard InChI is InChI=1S/C15H17FN4O/c1-3-7-19-9-13-17-18-14(20(13)10(2)15(19)21)11-5-4-6-12(16)8-11/h4-6,8,10H,3,7,9H2,1-2H3/t10-/m1/s1. The Morgan fingerprint density at radius 2 is 2.19 bits per heavy atom. The van der Waals surface area contributed by atoms with Crippen LogP contribution in [0.4, 0.5) is 4.39 Å². The molecule has 1 aliphatic heterocycles. The van der Waals surface area contributed by atoms with E-state index in [1.165, 1.54) is 12.1 Å². The first kappa shape index (κ1) is 13.7. The van der Waals surface area contributed by atoms with E-state index in [2.05, 4.69) is 10.2 Å². The van der Waals surface area contributed by atoms with E-state index >= 15 is 0 Å². The van der Waals surface area contributed by atoms with Gasteiger partial charge in [-0.3, -0.25) is 9.36 Å². The van der Waals surface area contributed by atoms with E-state index in [0.29, 0.717) is 24.5 Å². The van der Waals surface area contributed by atoms with Gasteiger partial charge in [0.05, 0.1) is 6.54 Å². The zero-order valence-corrected chi connectivity index (χ0v) is 12.1. The van der Waals surface area contributed by atoms with Crippen LogP contribution >= 0.6 is 0 Å². The van der Waals surface area contributed by atoms with Gasteiger partial charge in [0.1, 0.15) is 11.9 Å². The molecule has 2 aromatic rings. The fourth-order valence-corrected chi connectivity index (χ4v) is 2.75. The van der Waals surface area contributed by atoms with Crippen molar-refractivity contribution < 1.29 is 9.18 Å². The molecule has 0 bridgehead atoms. The van der Waals surface area contributed by atoms with E-state index in [4.69, 9.17) is 0 Å². The molecule has 1 aromatic heterocycles. The fraction of sp³-hybridized carbons (Fsp3) is 0.400. The summed E-state index contributed by atoms with van der Waals surface area (Å²) in [4.78, 5) is 14.2. The zero-order chi connectivity index (χ0) is 15.0. The third kappa shape index (κ3) is 2.30. The Labute approximate surface area is 122 Å². The number of aromatic nitrogens is 3. The van der Waals surface area contributed by atoms with Crippen LogP contribution in [0.5, 0.6) is 0 Å². The summed E-state index contributed by atoms with van der Waals surface area (Å²) in [5, 5.41) is 8.33. The van der Waals surface area contributed by atoms with Crippen LogP contribution < -0.4 is 0 Å². The predicted molar refractivity (Wildman–Crippen MR) is 75.8 cm³/mol. The fourth-order valence-electron chi connectivity index (χ4n) is 2.75. The number of hydrogen-bond donors (Lipinski definition) is 0. The van der Waals surface area contributed by atoms with Crippen LogP contribution in [0, 0.1) is 5.82 Å². The highest BCUT2D eigenvalue weighted by atomic mass is 19.1. The Hall–Kier alpha value is -2.24. The Balaban J connectivity index is 2.04. The van der Waals surface area contributed by atoms with Gasteiger partial charge in [0, 0.05) is 12.1 Å². The number of halogens is 1. The molecule has 0 radical (unpaired) electrons. The average molecular weight is 288 g/mol. The highest BCUT2D eigenvalue weighted by molar-refractivity contribution is 5.82. The van der Waals surface area contributed by atoms with Crippen molar-refractivity contribution in [2.24, 2.45) is 0 Å². The van der Waals surface area contributed by atoms with Crippen molar-refractivity contribution in [1.29, 1.82) is 0 Å². The van der Waals surface area contributed by atoms with Gasteiger partial charge in [-0.2, -0.15) is 0 Å². The summed E-state index contributed by atoms with van der Waals surface area (Å²) in [6.07, 6.45) is 0.906. The monoisotopic (exact) mass is 288 g/mol. The van der Waals surface area contributed by atoms with Crippen LogP contribution in [0.15, 0.2) is 24.3 Å². The molecule has 0 saturated heterocycles. The molecular weight excluding hydrogens is 271 g/mol. The van der Waals surface area contributed by atoms with E-state index in [1.54, 1.807) is 17.0 Å². The molecule has 0 fully saturated rings. The number of fused-ring (bicyclic) bond motifs is 1. The summed E-state index contributed by atoms with van der Waals surface area (Å²) >= 11 is 0. The van der Waals surface area contributed by atoms with Crippen LogP contribution in [-0.4, -0.2) is 32.1 Å². The van der Waals surface area contributed by atoms with Crippen molar-refractivity contribution in [3.63, 3.8) is 0 Å². The largest absolute Gasteiger partial charge is 0.333 e. The first-order valence-corrected chi connectivity index (χ1v) is 7.10. The second kappa shape index (κ2) is 5.27.